The van der Waals surface area contributed by atoms with Crippen molar-refractivity contribution in [3.8, 4) is 5.75 Å². The Morgan fingerprint density at radius 3 is 2.40 bits per heavy atom. The van der Waals surface area contributed by atoms with Gasteiger partial charge in [0.1, 0.15) is 18.5 Å². The molecule has 0 radical (unpaired) electrons. The van der Waals surface area contributed by atoms with E-state index in [9.17, 15) is 5.11 Å². The molecular formula is C17H21NO2. The first-order valence-electron chi connectivity index (χ1n) is 6.80. The summed E-state index contributed by atoms with van der Waals surface area (Å²) in [6, 6.07) is 15.4. The zero-order valence-corrected chi connectivity index (χ0v) is 11.9. The summed E-state index contributed by atoms with van der Waals surface area (Å²) in [5.41, 5.74) is 8.82. The number of aliphatic hydroxyl groups excluding tert-OH is 1. The topological polar surface area (TPSA) is 55.5 Å². The lowest BCUT2D eigenvalue weighted by Crippen LogP contribution is -2.11. The number of rotatable bonds is 5. The van der Waals surface area contributed by atoms with Crippen LogP contribution in [0.3, 0.4) is 0 Å². The minimum Gasteiger partial charge on any atom is -0.490 e. The van der Waals surface area contributed by atoms with Crippen LogP contribution < -0.4 is 10.5 Å². The maximum Gasteiger partial charge on any atom is 0.122 e. The first-order valence-corrected chi connectivity index (χ1v) is 6.80. The Morgan fingerprint density at radius 1 is 1.10 bits per heavy atom. The predicted octanol–water partition coefficient (Wildman–Crippen LogP) is 3.13. The van der Waals surface area contributed by atoms with Gasteiger partial charge in [0.25, 0.3) is 0 Å². The molecule has 0 saturated heterocycles. The lowest BCUT2D eigenvalue weighted by molar-refractivity contribution is 0.108. The molecular weight excluding hydrogens is 250 g/mol. The van der Waals surface area contributed by atoms with Crippen molar-refractivity contribution in [1.29, 1.82) is 0 Å². The third-order valence-corrected chi connectivity index (χ3v) is 3.31. The van der Waals surface area contributed by atoms with Crippen molar-refractivity contribution in [2.45, 2.75) is 26.0 Å². The number of ether oxygens (including phenoxy) is 1. The number of benzene rings is 2. The molecule has 2 atom stereocenters. The van der Waals surface area contributed by atoms with Crippen LogP contribution in [0.2, 0.25) is 0 Å². The van der Waals surface area contributed by atoms with Gasteiger partial charge in [-0.25, -0.2) is 0 Å². The van der Waals surface area contributed by atoms with Crippen LogP contribution >= 0.6 is 0 Å². The average molecular weight is 271 g/mol. The predicted molar refractivity (Wildman–Crippen MR) is 80.7 cm³/mol. The smallest absolute Gasteiger partial charge is 0.122 e. The molecule has 0 bridgehead atoms. The van der Waals surface area contributed by atoms with E-state index in [-0.39, 0.29) is 12.6 Å². The van der Waals surface area contributed by atoms with Crippen LogP contribution in [0, 0.1) is 6.92 Å². The summed E-state index contributed by atoms with van der Waals surface area (Å²) in [4.78, 5) is 0. The van der Waals surface area contributed by atoms with Gasteiger partial charge in [-0.2, -0.15) is 0 Å². The van der Waals surface area contributed by atoms with Crippen molar-refractivity contribution in [2.24, 2.45) is 5.73 Å². The largest absolute Gasteiger partial charge is 0.490 e. The summed E-state index contributed by atoms with van der Waals surface area (Å²) in [6.07, 6.45) is -0.622. The number of aryl methyl sites for hydroxylation is 1. The summed E-state index contributed by atoms with van der Waals surface area (Å²) < 4.78 is 5.70. The van der Waals surface area contributed by atoms with E-state index in [2.05, 4.69) is 0 Å². The number of nitrogens with two attached hydrogens (primary N) is 1. The Labute approximate surface area is 120 Å². The van der Waals surface area contributed by atoms with Crippen molar-refractivity contribution in [3.05, 3.63) is 65.2 Å². The van der Waals surface area contributed by atoms with Gasteiger partial charge >= 0.3 is 0 Å². The molecule has 2 rings (SSSR count). The Kier molecular flexibility index (Phi) is 4.77. The normalized spacial score (nSPS) is 13.8. The van der Waals surface area contributed by atoms with Gasteiger partial charge in [0, 0.05) is 6.04 Å². The Balaban J connectivity index is 2.01. The van der Waals surface area contributed by atoms with Gasteiger partial charge < -0.3 is 15.6 Å². The van der Waals surface area contributed by atoms with E-state index >= 15 is 0 Å². The van der Waals surface area contributed by atoms with Crippen LogP contribution in [0.4, 0.5) is 0 Å². The Morgan fingerprint density at radius 2 is 1.80 bits per heavy atom. The highest BCUT2D eigenvalue weighted by Gasteiger charge is 2.09. The summed E-state index contributed by atoms with van der Waals surface area (Å²) in [5.74, 6) is 0.782. The van der Waals surface area contributed by atoms with Gasteiger partial charge in [0.15, 0.2) is 0 Å². The second-order valence-electron chi connectivity index (χ2n) is 5.05. The highest BCUT2D eigenvalue weighted by Crippen LogP contribution is 2.23. The molecule has 0 spiro atoms. The lowest BCUT2D eigenvalue weighted by Gasteiger charge is -2.15. The maximum atomic E-state index is 10.1. The van der Waals surface area contributed by atoms with Crippen molar-refractivity contribution in [2.75, 3.05) is 6.61 Å². The van der Waals surface area contributed by atoms with Crippen LogP contribution in [0.25, 0.3) is 0 Å². The first-order chi connectivity index (χ1) is 9.58. The molecule has 0 aromatic heterocycles. The van der Waals surface area contributed by atoms with Crippen molar-refractivity contribution < 1.29 is 9.84 Å². The molecule has 3 N–H and O–H groups in total. The standard InChI is InChI=1S/C17H21NO2/c1-12-10-15(13(2)18)8-9-17(12)20-11-16(19)14-6-4-3-5-7-14/h3-10,13,16,19H,11,18H2,1-2H3/t13-,16?/m0/s1. The second kappa shape index (κ2) is 6.55. The minimum atomic E-state index is -0.622. The molecule has 2 aromatic rings. The monoisotopic (exact) mass is 271 g/mol. The van der Waals surface area contributed by atoms with E-state index in [0.29, 0.717) is 0 Å². The second-order valence-corrected chi connectivity index (χ2v) is 5.05. The average Bonchev–Trinajstić information content (AvgIpc) is 2.46. The molecule has 0 saturated carbocycles. The third-order valence-electron chi connectivity index (χ3n) is 3.31. The Bertz CT molecular complexity index is 552. The van der Waals surface area contributed by atoms with Gasteiger partial charge in [0.2, 0.25) is 0 Å². The maximum absolute atomic E-state index is 10.1. The van der Waals surface area contributed by atoms with Crippen molar-refractivity contribution in [1.82, 2.24) is 0 Å². The number of hydrogen-bond acceptors (Lipinski definition) is 3. The van der Waals surface area contributed by atoms with Crippen molar-refractivity contribution >= 4 is 0 Å². The van der Waals surface area contributed by atoms with E-state index < -0.39 is 6.10 Å². The fraction of sp³-hybridized carbons (Fsp3) is 0.294. The van der Waals surface area contributed by atoms with Crippen molar-refractivity contribution in [3.63, 3.8) is 0 Å². The van der Waals surface area contributed by atoms with E-state index in [1.54, 1.807) is 0 Å². The summed E-state index contributed by atoms with van der Waals surface area (Å²) in [7, 11) is 0. The highest BCUT2D eigenvalue weighted by atomic mass is 16.5. The molecule has 1 unspecified atom stereocenters. The molecule has 2 aromatic carbocycles. The molecule has 0 amide bonds. The van der Waals surface area contributed by atoms with Gasteiger partial charge in [0.05, 0.1) is 0 Å². The zero-order chi connectivity index (χ0) is 14.5. The Hall–Kier alpha value is -1.84. The molecule has 106 valence electrons. The van der Waals surface area contributed by atoms with Gasteiger partial charge in [-0.05, 0) is 36.6 Å². The van der Waals surface area contributed by atoms with Crippen LogP contribution in [-0.2, 0) is 0 Å². The molecule has 3 heteroatoms. The molecule has 3 nitrogen and oxygen atoms in total. The van der Waals surface area contributed by atoms with E-state index in [4.69, 9.17) is 10.5 Å². The van der Waals surface area contributed by atoms with Crippen LogP contribution in [-0.4, -0.2) is 11.7 Å². The summed E-state index contributed by atoms with van der Waals surface area (Å²) in [6.45, 7) is 4.17. The van der Waals surface area contributed by atoms with Crippen LogP contribution in [0.15, 0.2) is 48.5 Å². The SMILES string of the molecule is Cc1cc([C@H](C)N)ccc1OCC(O)c1ccccc1. The van der Waals surface area contributed by atoms with Crippen LogP contribution in [0.5, 0.6) is 5.75 Å². The fourth-order valence-corrected chi connectivity index (χ4v) is 2.06. The van der Waals surface area contributed by atoms with Gasteiger partial charge in [-0.15, -0.1) is 0 Å². The molecule has 0 aliphatic heterocycles. The molecule has 0 fully saturated rings. The van der Waals surface area contributed by atoms with E-state index in [0.717, 1.165) is 22.4 Å². The molecule has 0 aliphatic rings. The highest BCUT2D eigenvalue weighted by molar-refractivity contribution is 5.37. The lowest BCUT2D eigenvalue weighted by atomic mass is 10.1. The fourth-order valence-electron chi connectivity index (χ4n) is 2.06. The van der Waals surface area contributed by atoms with Gasteiger partial charge in [-0.3, -0.25) is 0 Å². The number of hydrogen-bond donors (Lipinski definition) is 2. The summed E-state index contributed by atoms with van der Waals surface area (Å²) in [5, 5.41) is 10.1. The van der Waals surface area contributed by atoms with Gasteiger partial charge in [-0.1, -0.05) is 42.5 Å². The molecule has 0 heterocycles. The van der Waals surface area contributed by atoms with E-state index in [1.807, 2.05) is 62.4 Å². The minimum absolute atomic E-state index is 0.0117. The third kappa shape index (κ3) is 3.59. The van der Waals surface area contributed by atoms with Crippen LogP contribution in [0.1, 0.15) is 35.8 Å². The number of aliphatic hydroxyl groups is 1. The zero-order valence-electron chi connectivity index (χ0n) is 11.9. The first kappa shape index (κ1) is 14.6. The van der Waals surface area contributed by atoms with E-state index in [1.165, 1.54) is 0 Å². The summed E-state index contributed by atoms with van der Waals surface area (Å²) >= 11 is 0. The molecule has 20 heavy (non-hydrogen) atoms. The molecule has 0 aliphatic carbocycles. The quantitative estimate of drug-likeness (QED) is 0.878.